The molecule has 150 valence electrons. The van der Waals surface area contributed by atoms with Crippen molar-refractivity contribution in [3.63, 3.8) is 0 Å². The summed E-state index contributed by atoms with van der Waals surface area (Å²) in [6, 6.07) is 4.10. The maximum absolute atomic E-state index is 12.7. The predicted octanol–water partition coefficient (Wildman–Crippen LogP) is 2.80. The summed E-state index contributed by atoms with van der Waals surface area (Å²) < 4.78 is 6.30. The van der Waals surface area contributed by atoms with Gasteiger partial charge in [0.15, 0.2) is 0 Å². The number of rotatable bonds is 3. The number of likely N-dealkylation sites (tertiary alicyclic amines) is 1. The van der Waals surface area contributed by atoms with Crippen molar-refractivity contribution in [3.8, 4) is 0 Å². The molecular weight excluding hydrogens is 396 g/mol. The van der Waals surface area contributed by atoms with Gasteiger partial charge in [0.05, 0.1) is 23.2 Å². The number of piperidine rings is 1. The Labute approximate surface area is 173 Å². The van der Waals surface area contributed by atoms with E-state index < -0.39 is 0 Å². The van der Waals surface area contributed by atoms with Crippen LogP contribution in [-0.4, -0.2) is 54.3 Å². The minimum atomic E-state index is 0.0547. The van der Waals surface area contributed by atoms with Gasteiger partial charge in [-0.1, -0.05) is 11.6 Å². The number of halogens is 1. The lowest BCUT2D eigenvalue weighted by Crippen LogP contribution is -2.42. The molecule has 28 heavy (non-hydrogen) atoms. The molecule has 0 aromatic carbocycles. The molecule has 2 aromatic rings. The summed E-state index contributed by atoms with van der Waals surface area (Å²) in [6.07, 6.45) is 4.03. The number of H-pyrrole nitrogens is 1. The van der Waals surface area contributed by atoms with E-state index >= 15 is 0 Å². The summed E-state index contributed by atoms with van der Waals surface area (Å²) in [5.41, 5.74) is 2.10. The molecule has 2 saturated heterocycles. The van der Waals surface area contributed by atoms with Crippen LogP contribution in [0.1, 0.15) is 35.4 Å². The first-order valence-electron chi connectivity index (χ1n) is 10.1. The zero-order chi connectivity index (χ0) is 19.1. The molecule has 0 amide bonds. The van der Waals surface area contributed by atoms with Crippen LogP contribution in [0.25, 0.3) is 0 Å². The van der Waals surface area contributed by atoms with Crippen molar-refractivity contribution < 1.29 is 4.74 Å². The zero-order valence-corrected chi connectivity index (χ0v) is 17.4. The van der Waals surface area contributed by atoms with Crippen molar-refractivity contribution in [3.05, 3.63) is 43.0 Å². The molecule has 6 nitrogen and oxygen atoms in total. The van der Waals surface area contributed by atoms with Crippen LogP contribution in [0.15, 0.2) is 16.9 Å². The van der Waals surface area contributed by atoms with Crippen molar-refractivity contribution in [2.24, 2.45) is 0 Å². The van der Waals surface area contributed by atoms with E-state index in [-0.39, 0.29) is 11.0 Å². The Bertz CT molecular complexity index is 913. The fourth-order valence-electron chi connectivity index (χ4n) is 4.85. The van der Waals surface area contributed by atoms with Crippen LogP contribution < -0.4 is 10.5 Å². The van der Waals surface area contributed by atoms with Gasteiger partial charge < -0.3 is 9.64 Å². The fraction of sp³-hybridized carbons (Fsp3) is 0.600. The summed E-state index contributed by atoms with van der Waals surface area (Å²) in [5, 5.41) is 0. The molecule has 3 aliphatic rings. The molecule has 5 rings (SSSR count). The van der Waals surface area contributed by atoms with Gasteiger partial charge in [-0.2, -0.15) is 0 Å². The van der Waals surface area contributed by atoms with Gasteiger partial charge in [0.1, 0.15) is 0 Å². The van der Waals surface area contributed by atoms with E-state index in [1.807, 2.05) is 6.07 Å². The molecule has 2 fully saturated rings. The van der Waals surface area contributed by atoms with Gasteiger partial charge >= 0.3 is 0 Å². The highest BCUT2D eigenvalue weighted by Gasteiger charge is 2.44. The average Bonchev–Trinajstić information content (AvgIpc) is 3.29. The van der Waals surface area contributed by atoms with Crippen molar-refractivity contribution in [2.45, 2.75) is 37.6 Å². The van der Waals surface area contributed by atoms with Gasteiger partial charge in [0.25, 0.3) is 5.56 Å². The van der Waals surface area contributed by atoms with E-state index in [9.17, 15) is 4.79 Å². The molecule has 0 radical (unpaired) electrons. The minimum absolute atomic E-state index is 0.0547. The lowest BCUT2D eigenvalue weighted by Gasteiger charge is -2.39. The van der Waals surface area contributed by atoms with Gasteiger partial charge in [0, 0.05) is 35.5 Å². The Kier molecular flexibility index (Phi) is 4.95. The van der Waals surface area contributed by atoms with E-state index in [1.165, 1.54) is 4.88 Å². The molecular formula is C20H25ClN4O2S. The number of ether oxygens (including phenoxy) is 1. The van der Waals surface area contributed by atoms with Gasteiger partial charge in [-0.05, 0) is 50.9 Å². The number of hydrogen-bond donors (Lipinski definition) is 1. The van der Waals surface area contributed by atoms with E-state index in [1.54, 1.807) is 11.3 Å². The second-order valence-electron chi connectivity index (χ2n) is 8.08. The molecule has 2 aromatic heterocycles. The Morgan fingerprint density at radius 1 is 1.18 bits per heavy atom. The van der Waals surface area contributed by atoms with Gasteiger partial charge in [-0.25, -0.2) is 4.98 Å². The van der Waals surface area contributed by atoms with Crippen LogP contribution >= 0.6 is 22.9 Å². The predicted molar refractivity (Wildman–Crippen MR) is 112 cm³/mol. The lowest BCUT2D eigenvalue weighted by atomic mass is 9.76. The first-order chi connectivity index (χ1) is 13.6. The molecule has 0 atom stereocenters. The second-order valence-corrected chi connectivity index (χ2v) is 9.88. The Morgan fingerprint density at radius 3 is 2.68 bits per heavy atom. The van der Waals surface area contributed by atoms with Crippen molar-refractivity contribution in [2.75, 3.05) is 44.3 Å². The highest BCUT2D eigenvalue weighted by atomic mass is 35.5. The molecule has 2 aliphatic heterocycles. The first kappa shape index (κ1) is 18.6. The summed E-state index contributed by atoms with van der Waals surface area (Å²) in [6.45, 7) is 5.98. The largest absolute Gasteiger partial charge is 0.378 e. The zero-order valence-electron chi connectivity index (χ0n) is 15.9. The molecule has 8 heteroatoms. The average molecular weight is 421 g/mol. The third kappa shape index (κ3) is 3.38. The Morgan fingerprint density at radius 2 is 1.96 bits per heavy atom. The van der Waals surface area contributed by atoms with Crippen molar-refractivity contribution in [1.29, 1.82) is 0 Å². The summed E-state index contributed by atoms with van der Waals surface area (Å²) in [5.74, 6) is 0.726. The molecule has 4 heterocycles. The van der Waals surface area contributed by atoms with Crippen molar-refractivity contribution >= 4 is 28.9 Å². The van der Waals surface area contributed by atoms with E-state index in [0.717, 1.165) is 79.9 Å². The third-order valence-corrected chi connectivity index (χ3v) is 7.71. The Hall–Kier alpha value is -1.41. The monoisotopic (exact) mass is 420 g/mol. The lowest BCUT2D eigenvalue weighted by molar-refractivity contribution is 0.122. The van der Waals surface area contributed by atoms with E-state index in [4.69, 9.17) is 21.3 Å². The summed E-state index contributed by atoms with van der Waals surface area (Å²) in [7, 11) is 0. The number of aromatic amines is 1. The van der Waals surface area contributed by atoms with Crippen LogP contribution in [0.4, 0.5) is 5.95 Å². The molecule has 1 aliphatic carbocycles. The number of aromatic nitrogens is 2. The maximum Gasteiger partial charge on any atom is 0.255 e. The van der Waals surface area contributed by atoms with E-state index in [2.05, 4.69) is 20.9 Å². The SMILES string of the molecule is O=c1[nH]c(N2CCOCC2)nc2c1CCC21CCN(Cc2ccc(Cl)s2)CC1. The number of hydrogen-bond acceptors (Lipinski definition) is 6. The van der Waals surface area contributed by atoms with Crippen LogP contribution in [0, 0.1) is 0 Å². The van der Waals surface area contributed by atoms with Gasteiger partial charge in [-0.15, -0.1) is 11.3 Å². The smallest absolute Gasteiger partial charge is 0.255 e. The van der Waals surface area contributed by atoms with Crippen LogP contribution in [0.5, 0.6) is 0 Å². The molecule has 0 saturated carbocycles. The molecule has 0 bridgehead atoms. The number of nitrogens with zero attached hydrogens (tertiary/aromatic N) is 3. The highest BCUT2D eigenvalue weighted by Crippen LogP contribution is 2.45. The quantitative estimate of drug-likeness (QED) is 0.827. The number of fused-ring (bicyclic) bond motifs is 2. The number of anilines is 1. The maximum atomic E-state index is 12.7. The second kappa shape index (κ2) is 7.44. The van der Waals surface area contributed by atoms with Crippen molar-refractivity contribution in [1.82, 2.24) is 14.9 Å². The standard InChI is InChI=1S/C20H25ClN4O2S/c21-16-2-1-14(28-16)13-24-7-5-20(6-8-24)4-3-15-17(20)22-19(23-18(15)26)25-9-11-27-12-10-25/h1-2H,3-13H2,(H,22,23,26). The summed E-state index contributed by atoms with van der Waals surface area (Å²) >= 11 is 7.74. The topological polar surface area (TPSA) is 61.5 Å². The third-order valence-electron chi connectivity index (χ3n) is 6.49. The number of nitrogens with one attached hydrogen (secondary N) is 1. The van der Waals surface area contributed by atoms with E-state index in [0.29, 0.717) is 13.2 Å². The first-order valence-corrected chi connectivity index (χ1v) is 11.3. The molecule has 1 spiro atoms. The number of thiophene rings is 1. The minimum Gasteiger partial charge on any atom is -0.378 e. The van der Waals surface area contributed by atoms with Crippen LogP contribution in [0.2, 0.25) is 4.34 Å². The molecule has 0 unspecified atom stereocenters. The summed E-state index contributed by atoms with van der Waals surface area (Å²) in [4.78, 5) is 26.7. The van der Waals surface area contributed by atoms with Gasteiger partial charge in [-0.3, -0.25) is 14.7 Å². The van der Waals surface area contributed by atoms with Crippen LogP contribution in [0.3, 0.4) is 0 Å². The van der Waals surface area contributed by atoms with Crippen LogP contribution in [-0.2, 0) is 23.1 Å². The normalized spacial score (nSPS) is 22.0. The fourth-order valence-corrected chi connectivity index (χ4v) is 5.98. The highest BCUT2D eigenvalue weighted by molar-refractivity contribution is 7.16. The molecule has 1 N–H and O–H groups in total. The number of morpholine rings is 1. The Balaban J connectivity index is 1.35. The van der Waals surface area contributed by atoms with Gasteiger partial charge in [0.2, 0.25) is 5.95 Å².